The highest BCUT2D eigenvalue weighted by atomic mass is 16.5. The zero-order valence-electron chi connectivity index (χ0n) is 16.4. The summed E-state index contributed by atoms with van der Waals surface area (Å²) in [5, 5.41) is 5.73. The minimum Gasteiger partial charge on any atom is -0.376 e. The van der Waals surface area contributed by atoms with E-state index in [4.69, 9.17) is 4.74 Å². The fourth-order valence-electron chi connectivity index (χ4n) is 3.58. The molecule has 152 valence electrons. The van der Waals surface area contributed by atoms with Crippen molar-refractivity contribution in [2.45, 2.75) is 45.1 Å². The molecule has 2 unspecified atom stereocenters. The first kappa shape index (κ1) is 20.3. The van der Waals surface area contributed by atoms with Crippen LogP contribution in [0.1, 0.15) is 49.4 Å². The Bertz CT molecular complexity index is 698. The maximum Gasteiger partial charge on any atom is 0.251 e. The third-order valence-corrected chi connectivity index (χ3v) is 5.30. The topological polar surface area (TPSA) is 87.7 Å². The normalized spacial score (nSPS) is 21.8. The molecule has 2 heterocycles. The summed E-state index contributed by atoms with van der Waals surface area (Å²) < 4.78 is 5.50. The number of hydrogen-bond acceptors (Lipinski definition) is 4. The van der Waals surface area contributed by atoms with Crippen LogP contribution in [0.5, 0.6) is 0 Å². The molecule has 2 aliphatic rings. The maximum atomic E-state index is 12.5. The van der Waals surface area contributed by atoms with Crippen LogP contribution in [0.25, 0.3) is 0 Å². The zero-order valence-corrected chi connectivity index (χ0v) is 16.4. The summed E-state index contributed by atoms with van der Waals surface area (Å²) in [7, 11) is 0. The Morgan fingerprint density at radius 3 is 2.71 bits per heavy atom. The number of anilines is 1. The predicted octanol–water partition coefficient (Wildman–Crippen LogP) is 2.18. The maximum absolute atomic E-state index is 12.5. The molecule has 28 heavy (non-hydrogen) atoms. The Morgan fingerprint density at radius 2 is 2.04 bits per heavy atom. The van der Waals surface area contributed by atoms with E-state index in [2.05, 4.69) is 17.6 Å². The van der Waals surface area contributed by atoms with Gasteiger partial charge in [0.2, 0.25) is 11.8 Å². The van der Waals surface area contributed by atoms with Gasteiger partial charge in [0.05, 0.1) is 12.0 Å². The minimum absolute atomic E-state index is 0.0480. The number of rotatable bonds is 8. The number of nitrogens with one attached hydrogen (secondary N) is 2. The molecule has 2 fully saturated rings. The molecule has 7 nitrogen and oxygen atoms in total. The van der Waals surface area contributed by atoms with Gasteiger partial charge in [-0.15, -0.1) is 0 Å². The Kier molecular flexibility index (Phi) is 7.03. The third-order valence-electron chi connectivity index (χ3n) is 5.30. The van der Waals surface area contributed by atoms with Gasteiger partial charge < -0.3 is 20.3 Å². The van der Waals surface area contributed by atoms with Crippen LogP contribution in [0.3, 0.4) is 0 Å². The van der Waals surface area contributed by atoms with E-state index < -0.39 is 0 Å². The van der Waals surface area contributed by atoms with Crippen molar-refractivity contribution < 1.29 is 19.1 Å². The highest BCUT2D eigenvalue weighted by Gasteiger charge is 2.33. The average molecular weight is 387 g/mol. The first-order chi connectivity index (χ1) is 13.6. The second-order valence-electron chi connectivity index (χ2n) is 7.51. The quantitative estimate of drug-likeness (QED) is 0.716. The number of amides is 3. The summed E-state index contributed by atoms with van der Waals surface area (Å²) in [4.78, 5) is 38.5. The van der Waals surface area contributed by atoms with E-state index in [0.29, 0.717) is 24.3 Å². The summed E-state index contributed by atoms with van der Waals surface area (Å²) in [6.45, 7) is 4.56. The van der Waals surface area contributed by atoms with Crippen molar-refractivity contribution in [3.05, 3.63) is 29.8 Å². The van der Waals surface area contributed by atoms with Gasteiger partial charge in [-0.05, 0) is 43.5 Å². The van der Waals surface area contributed by atoms with Gasteiger partial charge in [-0.1, -0.05) is 13.3 Å². The van der Waals surface area contributed by atoms with E-state index in [9.17, 15) is 14.4 Å². The lowest BCUT2D eigenvalue weighted by Crippen LogP contribution is -2.31. The summed E-state index contributed by atoms with van der Waals surface area (Å²) >= 11 is 0. The SMILES string of the molecule is CCCCN1CC(C(=O)Nc2ccc(C(=O)NCC3CCCO3)cc2)CC1=O. The number of ether oxygens (including phenoxy) is 1. The van der Waals surface area contributed by atoms with E-state index in [-0.39, 0.29) is 36.2 Å². The molecule has 2 aliphatic heterocycles. The number of carbonyl (C=O) groups excluding carboxylic acids is 3. The second-order valence-corrected chi connectivity index (χ2v) is 7.51. The molecule has 2 saturated heterocycles. The van der Waals surface area contributed by atoms with Crippen LogP contribution in [0, 0.1) is 5.92 Å². The summed E-state index contributed by atoms with van der Waals surface area (Å²) in [6.07, 6.45) is 4.36. The number of likely N-dealkylation sites (tertiary alicyclic amines) is 1. The largest absolute Gasteiger partial charge is 0.376 e. The van der Waals surface area contributed by atoms with Crippen molar-refractivity contribution in [1.82, 2.24) is 10.2 Å². The van der Waals surface area contributed by atoms with Crippen LogP contribution >= 0.6 is 0 Å². The molecule has 7 heteroatoms. The van der Waals surface area contributed by atoms with E-state index in [1.54, 1.807) is 29.2 Å². The Morgan fingerprint density at radius 1 is 1.25 bits per heavy atom. The van der Waals surface area contributed by atoms with Crippen LogP contribution in [0.2, 0.25) is 0 Å². The smallest absolute Gasteiger partial charge is 0.251 e. The Hall–Kier alpha value is -2.41. The fourth-order valence-corrected chi connectivity index (χ4v) is 3.58. The van der Waals surface area contributed by atoms with Crippen LogP contribution in [0.4, 0.5) is 5.69 Å². The first-order valence-corrected chi connectivity index (χ1v) is 10.2. The number of carbonyl (C=O) groups is 3. The average Bonchev–Trinajstić information content (AvgIpc) is 3.34. The molecule has 0 radical (unpaired) electrons. The number of benzene rings is 1. The van der Waals surface area contributed by atoms with Crippen LogP contribution < -0.4 is 10.6 Å². The summed E-state index contributed by atoms with van der Waals surface area (Å²) in [6, 6.07) is 6.80. The van der Waals surface area contributed by atoms with Crippen LogP contribution in [0.15, 0.2) is 24.3 Å². The van der Waals surface area contributed by atoms with Gasteiger partial charge in [0, 0.05) is 43.9 Å². The molecule has 1 aromatic rings. The molecule has 0 spiro atoms. The number of unbranched alkanes of at least 4 members (excludes halogenated alkanes) is 1. The Balaban J connectivity index is 1.47. The highest BCUT2D eigenvalue weighted by molar-refractivity contribution is 5.98. The van der Waals surface area contributed by atoms with Gasteiger partial charge in [0.25, 0.3) is 5.91 Å². The fraction of sp³-hybridized carbons (Fsp3) is 0.571. The van der Waals surface area contributed by atoms with E-state index in [1.165, 1.54) is 0 Å². The molecule has 1 aromatic carbocycles. The van der Waals surface area contributed by atoms with Gasteiger partial charge in [0.1, 0.15) is 0 Å². The van der Waals surface area contributed by atoms with Gasteiger partial charge in [-0.25, -0.2) is 0 Å². The molecule has 2 N–H and O–H groups in total. The van der Waals surface area contributed by atoms with Gasteiger partial charge in [-0.2, -0.15) is 0 Å². The van der Waals surface area contributed by atoms with Crippen molar-refractivity contribution in [2.24, 2.45) is 5.92 Å². The van der Waals surface area contributed by atoms with Crippen LogP contribution in [-0.4, -0.2) is 55.0 Å². The molecular formula is C21H29N3O4. The van der Waals surface area contributed by atoms with Crippen molar-refractivity contribution in [1.29, 1.82) is 0 Å². The first-order valence-electron chi connectivity index (χ1n) is 10.2. The lowest BCUT2D eigenvalue weighted by molar-refractivity contribution is -0.128. The number of hydrogen-bond donors (Lipinski definition) is 2. The molecule has 2 atom stereocenters. The van der Waals surface area contributed by atoms with Crippen molar-refractivity contribution in [3.8, 4) is 0 Å². The van der Waals surface area contributed by atoms with Gasteiger partial charge in [0.15, 0.2) is 0 Å². The number of nitrogens with zero attached hydrogens (tertiary/aromatic N) is 1. The second kappa shape index (κ2) is 9.68. The van der Waals surface area contributed by atoms with Crippen molar-refractivity contribution >= 4 is 23.4 Å². The van der Waals surface area contributed by atoms with Crippen molar-refractivity contribution in [3.63, 3.8) is 0 Å². The molecular weight excluding hydrogens is 358 g/mol. The third kappa shape index (κ3) is 5.32. The minimum atomic E-state index is -0.321. The lowest BCUT2D eigenvalue weighted by Gasteiger charge is -2.16. The summed E-state index contributed by atoms with van der Waals surface area (Å²) in [5.74, 6) is -0.574. The van der Waals surface area contributed by atoms with Gasteiger partial charge in [-0.3, -0.25) is 14.4 Å². The highest BCUT2D eigenvalue weighted by Crippen LogP contribution is 2.21. The molecule has 0 saturated carbocycles. The van der Waals surface area contributed by atoms with Crippen LogP contribution in [-0.2, 0) is 14.3 Å². The van der Waals surface area contributed by atoms with E-state index in [1.807, 2.05) is 0 Å². The molecule has 3 amide bonds. The standard InChI is InChI=1S/C21H29N3O4/c1-2-3-10-24-14-16(12-19(24)25)21(27)23-17-8-6-15(7-9-17)20(26)22-13-18-5-4-11-28-18/h6-9,16,18H,2-5,10-14H2,1H3,(H,22,26)(H,23,27). The molecule has 0 aromatic heterocycles. The molecule has 0 aliphatic carbocycles. The predicted molar refractivity (Wildman–Crippen MR) is 106 cm³/mol. The summed E-state index contributed by atoms with van der Waals surface area (Å²) in [5.41, 5.74) is 1.16. The van der Waals surface area contributed by atoms with Gasteiger partial charge >= 0.3 is 0 Å². The monoisotopic (exact) mass is 387 g/mol. The lowest BCUT2D eigenvalue weighted by atomic mass is 10.1. The van der Waals surface area contributed by atoms with E-state index in [0.717, 1.165) is 38.8 Å². The molecule has 3 rings (SSSR count). The molecule has 0 bridgehead atoms. The van der Waals surface area contributed by atoms with E-state index >= 15 is 0 Å². The Labute approximate surface area is 165 Å². The van der Waals surface area contributed by atoms with Crippen molar-refractivity contribution in [2.75, 3.05) is 31.6 Å². The zero-order chi connectivity index (χ0) is 19.9.